The van der Waals surface area contributed by atoms with Crippen LogP contribution in [0.4, 0.5) is 0 Å². The highest BCUT2D eigenvalue weighted by Crippen LogP contribution is 2.18. The highest BCUT2D eigenvalue weighted by Gasteiger charge is 2.26. The molecule has 1 heterocycles. The molecular weight excluding hydrogens is 366 g/mol. The molecule has 0 atom stereocenters. The number of nitrogens with zero attached hydrogens (tertiary/aromatic N) is 1. The van der Waals surface area contributed by atoms with E-state index in [9.17, 15) is 13.2 Å². The Morgan fingerprint density at radius 1 is 1.20 bits per heavy atom. The van der Waals surface area contributed by atoms with Gasteiger partial charge in [-0.05, 0) is 31.2 Å². The van der Waals surface area contributed by atoms with Crippen LogP contribution in [0.1, 0.15) is 23.7 Å². The standard InChI is InChI=1S/C16H25N3O4S.ClH/c1-2-6-17-7-8-18-16(20)14-4-3-5-15(13-14)24(21,22)19-9-11-23-12-10-19;/h3-5,13,17H,2,6-12H2,1H3,(H,18,20);1H. The Balaban J connectivity index is 0.00000312. The fraction of sp³-hybridized carbons (Fsp3) is 0.562. The van der Waals surface area contributed by atoms with Gasteiger partial charge >= 0.3 is 0 Å². The summed E-state index contributed by atoms with van der Waals surface area (Å²) >= 11 is 0. The Morgan fingerprint density at radius 2 is 1.92 bits per heavy atom. The molecule has 142 valence electrons. The normalized spacial score (nSPS) is 15.4. The highest BCUT2D eigenvalue weighted by atomic mass is 35.5. The van der Waals surface area contributed by atoms with Crippen molar-refractivity contribution in [2.24, 2.45) is 0 Å². The molecule has 25 heavy (non-hydrogen) atoms. The fourth-order valence-electron chi connectivity index (χ4n) is 2.40. The van der Waals surface area contributed by atoms with Crippen LogP contribution in [0.3, 0.4) is 0 Å². The number of morpholine rings is 1. The first-order valence-corrected chi connectivity index (χ1v) is 9.66. The van der Waals surface area contributed by atoms with Crippen molar-refractivity contribution in [1.29, 1.82) is 0 Å². The SMILES string of the molecule is CCCNCCNC(=O)c1cccc(S(=O)(=O)N2CCOCC2)c1.Cl. The molecule has 0 radical (unpaired) electrons. The van der Waals surface area contributed by atoms with Crippen LogP contribution in [-0.2, 0) is 14.8 Å². The molecule has 1 aliphatic rings. The van der Waals surface area contributed by atoms with Crippen molar-refractivity contribution in [3.8, 4) is 0 Å². The van der Waals surface area contributed by atoms with Crippen molar-refractivity contribution in [3.63, 3.8) is 0 Å². The molecule has 1 aliphatic heterocycles. The summed E-state index contributed by atoms with van der Waals surface area (Å²) in [6.07, 6.45) is 1.04. The van der Waals surface area contributed by atoms with Crippen LogP contribution in [0.15, 0.2) is 29.2 Å². The predicted octanol–water partition coefficient (Wildman–Crippen LogP) is 0.859. The summed E-state index contributed by atoms with van der Waals surface area (Å²) in [6, 6.07) is 6.16. The second-order valence-corrected chi connectivity index (χ2v) is 7.49. The maximum atomic E-state index is 12.6. The number of halogens is 1. The van der Waals surface area contributed by atoms with Crippen LogP contribution in [0, 0.1) is 0 Å². The van der Waals surface area contributed by atoms with Crippen molar-refractivity contribution < 1.29 is 17.9 Å². The second-order valence-electron chi connectivity index (χ2n) is 5.55. The van der Waals surface area contributed by atoms with Crippen LogP contribution >= 0.6 is 12.4 Å². The smallest absolute Gasteiger partial charge is 0.251 e. The maximum absolute atomic E-state index is 12.6. The Kier molecular flexibility index (Phi) is 9.37. The van der Waals surface area contributed by atoms with Crippen molar-refractivity contribution >= 4 is 28.3 Å². The molecule has 0 aliphatic carbocycles. The average Bonchev–Trinajstić information content (AvgIpc) is 2.62. The van der Waals surface area contributed by atoms with E-state index in [2.05, 4.69) is 17.6 Å². The summed E-state index contributed by atoms with van der Waals surface area (Å²) in [6.45, 7) is 5.62. The van der Waals surface area contributed by atoms with Crippen LogP contribution in [-0.4, -0.2) is 64.6 Å². The molecule has 1 aromatic rings. The minimum absolute atomic E-state index is 0. The third-order valence-corrected chi connectivity index (χ3v) is 5.61. The molecule has 0 unspecified atom stereocenters. The molecule has 9 heteroatoms. The van der Waals surface area contributed by atoms with E-state index in [-0.39, 0.29) is 23.2 Å². The number of amides is 1. The number of sulfonamides is 1. The van der Waals surface area contributed by atoms with Gasteiger partial charge in [0.2, 0.25) is 10.0 Å². The van der Waals surface area contributed by atoms with Gasteiger partial charge in [-0.2, -0.15) is 4.31 Å². The fourth-order valence-corrected chi connectivity index (χ4v) is 3.86. The first-order valence-electron chi connectivity index (χ1n) is 8.22. The molecule has 2 rings (SSSR count). The molecule has 7 nitrogen and oxygen atoms in total. The van der Waals surface area contributed by atoms with Gasteiger partial charge in [-0.1, -0.05) is 13.0 Å². The Hall–Kier alpha value is -1.19. The number of hydrogen-bond acceptors (Lipinski definition) is 5. The molecule has 0 saturated carbocycles. The first kappa shape index (κ1) is 21.9. The van der Waals surface area contributed by atoms with E-state index in [1.54, 1.807) is 12.1 Å². The van der Waals surface area contributed by atoms with Crippen molar-refractivity contribution in [2.45, 2.75) is 18.2 Å². The van der Waals surface area contributed by atoms with E-state index in [1.807, 2.05) is 0 Å². The summed E-state index contributed by atoms with van der Waals surface area (Å²) in [4.78, 5) is 12.3. The third kappa shape index (κ3) is 6.23. The van der Waals surface area contributed by atoms with E-state index in [1.165, 1.54) is 16.4 Å². The minimum Gasteiger partial charge on any atom is -0.379 e. The summed E-state index contributed by atoms with van der Waals surface area (Å²) in [7, 11) is -3.59. The lowest BCUT2D eigenvalue weighted by molar-refractivity contribution is 0.0730. The Bertz CT molecular complexity index is 649. The van der Waals surface area contributed by atoms with Crippen LogP contribution < -0.4 is 10.6 Å². The van der Waals surface area contributed by atoms with Gasteiger partial charge in [-0.15, -0.1) is 12.4 Å². The summed E-state index contributed by atoms with van der Waals surface area (Å²) in [5.41, 5.74) is 0.347. The number of carbonyl (C=O) groups is 1. The molecule has 2 N–H and O–H groups in total. The zero-order valence-electron chi connectivity index (χ0n) is 14.4. The number of nitrogens with one attached hydrogen (secondary N) is 2. The average molecular weight is 392 g/mol. The summed E-state index contributed by atoms with van der Waals surface area (Å²) in [5.74, 6) is -0.271. The molecule has 1 saturated heterocycles. The topological polar surface area (TPSA) is 87.7 Å². The molecule has 0 aromatic heterocycles. The molecular formula is C16H26ClN3O4S. The van der Waals surface area contributed by atoms with Gasteiger partial charge in [-0.3, -0.25) is 4.79 Å². The van der Waals surface area contributed by atoms with Gasteiger partial charge in [0, 0.05) is 31.7 Å². The van der Waals surface area contributed by atoms with Crippen molar-refractivity contribution in [2.75, 3.05) is 45.9 Å². The molecule has 1 amide bonds. The zero-order chi connectivity index (χ0) is 17.4. The van der Waals surface area contributed by atoms with Crippen molar-refractivity contribution in [3.05, 3.63) is 29.8 Å². The summed E-state index contributed by atoms with van der Waals surface area (Å²) < 4.78 is 31.8. The lowest BCUT2D eigenvalue weighted by Gasteiger charge is -2.26. The number of ether oxygens (including phenoxy) is 1. The van der Waals surface area contributed by atoms with Gasteiger partial charge in [0.25, 0.3) is 5.91 Å². The van der Waals surface area contributed by atoms with Crippen molar-refractivity contribution in [1.82, 2.24) is 14.9 Å². The lowest BCUT2D eigenvalue weighted by Crippen LogP contribution is -2.40. The third-order valence-electron chi connectivity index (χ3n) is 3.72. The summed E-state index contributed by atoms with van der Waals surface area (Å²) in [5, 5.41) is 5.98. The molecule has 0 spiro atoms. The van der Waals surface area contributed by atoms with Crippen LogP contribution in [0.25, 0.3) is 0 Å². The lowest BCUT2D eigenvalue weighted by atomic mass is 10.2. The van der Waals surface area contributed by atoms with E-state index in [0.717, 1.165) is 13.0 Å². The van der Waals surface area contributed by atoms with E-state index >= 15 is 0 Å². The van der Waals surface area contributed by atoms with E-state index in [0.29, 0.717) is 45.0 Å². The van der Waals surface area contributed by atoms with Crippen LogP contribution in [0.2, 0.25) is 0 Å². The number of benzene rings is 1. The van der Waals surface area contributed by atoms with Gasteiger partial charge in [0.15, 0.2) is 0 Å². The predicted molar refractivity (Wildman–Crippen MR) is 98.8 cm³/mol. The Labute approximate surface area is 155 Å². The van der Waals surface area contributed by atoms with Gasteiger partial charge in [0.1, 0.15) is 0 Å². The van der Waals surface area contributed by atoms with E-state index in [4.69, 9.17) is 4.74 Å². The zero-order valence-corrected chi connectivity index (χ0v) is 16.0. The Morgan fingerprint density at radius 3 is 2.60 bits per heavy atom. The maximum Gasteiger partial charge on any atom is 0.251 e. The largest absolute Gasteiger partial charge is 0.379 e. The molecule has 1 aromatic carbocycles. The number of hydrogen-bond donors (Lipinski definition) is 2. The molecule has 1 fully saturated rings. The second kappa shape index (κ2) is 10.7. The highest BCUT2D eigenvalue weighted by molar-refractivity contribution is 7.89. The quantitative estimate of drug-likeness (QED) is 0.642. The first-order chi connectivity index (χ1) is 11.6. The van der Waals surface area contributed by atoms with Gasteiger partial charge < -0.3 is 15.4 Å². The van der Waals surface area contributed by atoms with Gasteiger partial charge in [-0.25, -0.2) is 8.42 Å². The van der Waals surface area contributed by atoms with Gasteiger partial charge in [0.05, 0.1) is 18.1 Å². The minimum atomic E-state index is -3.59. The monoisotopic (exact) mass is 391 g/mol. The van der Waals surface area contributed by atoms with E-state index < -0.39 is 10.0 Å². The van der Waals surface area contributed by atoms with Crippen LogP contribution in [0.5, 0.6) is 0 Å². The number of carbonyl (C=O) groups excluding carboxylic acids is 1. The number of rotatable bonds is 8. The molecule has 0 bridgehead atoms.